The molecule has 4 aromatic rings. The van der Waals surface area contributed by atoms with Crippen molar-refractivity contribution < 1.29 is 8.78 Å². The number of nitrogens with zero attached hydrogens (tertiary/aromatic N) is 7. The molecule has 1 atom stereocenters. The minimum absolute atomic E-state index is 0.0357. The average Bonchev–Trinajstić information content (AvgIpc) is 3.54. The zero-order valence-electron chi connectivity index (χ0n) is 23.7. The number of fused-ring (bicyclic) bond motifs is 3. The summed E-state index contributed by atoms with van der Waals surface area (Å²) in [4.78, 5) is 22.5. The Balaban J connectivity index is 1.04. The third kappa shape index (κ3) is 5.08. The van der Waals surface area contributed by atoms with Crippen molar-refractivity contribution in [1.82, 2.24) is 34.3 Å². The molecule has 0 aliphatic carbocycles. The van der Waals surface area contributed by atoms with Crippen molar-refractivity contribution in [3.63, 3.8) is 0 Å². The van der Waals surface area contributed by atoms with Gasteiger partial charge in [-0.25, -0.2) is 28.7 Å². The minimum atomic E-state index is -0.615. The number of rotatable bonds is 5. The van der Waals surface area contributed by atoms with Gasteiger partial charge >= 0.3 is 0 Å². The summed E-state index contributed by atoms with van der Waals surface area (Å²) < 4.78 is 32.0. The molecule has 2 fully saturated rings. The molecule has 7 rings (SSSR count). The molecule has 0 saturated carbocycles. The second kappa shape index (κ2) is 10.4. The summed E-state index contributed by atoms with van der Waals surface area (Å²) in [7, 11) is 2.22. The van der Waals surface area contributed by atoms with Gasteiger partial charge in [0.05, 0.1) is 11.7 Å². The summed E-state index contributed by atoms with van der Waals surface area (Å²) in [5.74, 6) is 0.541. The van der Waals surface area contributed by atoms with Gasteiger partial charge in [0.15, 0.2) is 11.6 Å². The first-order valence-electron chi connectivity index (χ1n) is 14.7. The Labute approximate surface area is 238 Å². The van der Waals surface area contributed by atoms with E-state index in [-0.39, 0.29) is 17.7 Å². The van der Waals surface area contributed by atoms with Crippen molar-refractivity contribution in [2.75, 3.05) is 38.5 Å². The number of aromatic nitrogens is 5. The summed E-state index contributed by atoms with van der Waals surface area (Å²) in [5, 5.41) is 3.08. The normalized spacial score (nSPS) is 21.0. The Morgan fingerprint density at radius 1 is 0.951 bits per heavy atom. The van der Waals surface area contributed by atoms with E-state index in [0.29, 0.717) is 27.8 Å². The molecule has 8 nitrogen and oxygen atoms in total. The van der Waals surface area contributed by atoms with Gasteiger partial charge in [-0.1, -0.05) is 6.07 Å². The molecule has 0 radical (unpaired) electrons. The van der Waals surface area contributed by atoms with Gasteiger partial charge in [0.1, 0.15) is 22.9 Å². The lowest BCUT2D eigenvalue weighted by molar-refractivity contribution is 0.0400. The molecular formula is C31H36F2N8. The molecule has 3 aliphatic rings. The van der Waals surface area contributed by atoms with Crippen LogP contribution >= 0.6 is 0 Å². The SMILES string of the molecule is C[C@@H]1CCc2nc3c(F)cc(-c4nc(Nc5ccc(CN6CCC7(CCN(C)CC7)CC6)cn5)ncc4F)cc3n21. The van der Waals surface area contributed by atoms with Crippen LogP contribution in [-0.2, 0) is 13.0 Å². The lowest BCUT2D eigenvalue weighted by atomic mass is 9.71. The smallest absolute Gasteiger partial charge is 0.229 e. The van der Waals surface area contributed by atoms with Crippen LogP contribution in [0.25, 0.3) is 22.3 Å². The molecule has 3 aliphatic heterocycles. The predicted octanol–water partition coefficient (Wildman–Crippen LogP) is 5.73. The van der Waals surface area contributed by atoms with Gasteiger partial charge in [0.2, 0.25) is 5.95 Å². The van der Waals surface area contributed by atoms with Gasteiger partial charge in [0, 0.05) is 30.8 Å². The average molecular weight is 559 g/mol. The molecule has 0 bridgehead atoms. The molecule has 1 N–H and O–H groups in total. The van der Waals surface area contributed by atoms with E-state index in [2.05, 4.69) is 55.1 Å². The summed E-state index contributed by atoms with van der Waals surface area (Å²) in [6, 6.07) is 7.25. The van der Waals surface area contributed by atoms with Crippen LogP contribution in [-0.4, -0.2) is 67.5 Å². The highest BCUT2D eigenvalue weighted by molar-refractivity contribution is 5.83. The summed E-state index contributed by atoms with van der Waals surface area (Å²) in [5.41, 5.74) is 3.07. The Hall–Kier alpha value is -3.50. The van der Waals surface area contributed by atoms with E-state index in [1.165, 1.54) is 44.8 Å². The van der Waals surface area contributed by atoms with Crippen LogP contribution in [0.5, 0.6) is 0 Å². The summed E-state index contributed by atoms with van der Waals surface area (Å²) >= 11 is 0. The van der Waals surface area contributed by atoms with Crippen LogP contribution in [0.2, 0.25) is 0 Å². The van der Waals surface area contributed by atoms with E-state index in [9.17, 15) is 4.39 Å². The Morgan fingerprint density at radius 2 is 1.73 bits per heavy atom. The molecule has 3 aromatic heterocycles. The van der Waals surface area contributed by atoms with Crippen molar-refractivity contribution in [2.24, 2.45) is 5.41 Å². The Morgan fingerprint density at radius 3 is 2.49 bits per heavy atom. The fraction of sp³-hybridized carbons (Fsp3) is 0.484. The summed E-state index contributed by atoms with van der Waals surface area (Å²) in [6.45, 7) is 7.66. The fourth-order valence-electron chi connectivity index (χ4n) is 6.85. The lowest BCUT2D eigenvalue weighted by Crippen LogP contribution is -2.45. The maximum absolute atomic E-state index is 15.0. The molecule has 2 saturated heterocycles. The lowest BCUT2D eigenvalue weighted by Gasteiger charge is -2.46. The highest BCUT2D eigenvalue weighted by Crippen LogP contribution is 2.41. The number of likely N-dealkylation sites (tertiary alicyclic amines) is 2. The van der Waals surface area contributed by atoms with Crippen molar-refractivity contribution in [2.45, 2.75) is 58.0 Å². The van der Waals surface area contributed by atoms with Crippen LogP contribution in [0.3, 0.4) is 0 Å². The molecule has 1 aromatic carbocycles. The highest BCUT2D eigenvalue weighted by atomic mass is 19.1. The zero-order valence-corrected chi connectivity index (χ0v) is 23.7. The maximum atomic E-state index is 15.0. The quantitative estimate of drug-likeness (QED) is 0.336. The number of hydrogen-bond acceptors (Lipinski definition) is 7. The Kier molecular flexibility index (Phi) is 6.70. The van der Waals surface area contributed by atoms with Crippen LogP contribution < -0.4 is 5.32 Å². The number of nitrogens with one attached hydrogen (secondary N) is 1. The topological polar surface area (TPSA) is 75.0 Å². The molecule has 41 heavy (non-hydrogen) atoms. The standard InChI is InChI=1S/C31H36F2N8/c1-20-3-6-27-37-29-23(32)15-22(16-25(29)41(20)27)28-24(33)18-35-30(38-28)36-26-5-4-21(17-34-26)19-40-13-9-31(10-14-40)7-11-39(2)12-8-31/h4-5,15-18,20H,3,6-14,19H2,1-2H3,(H,34,35,36,38)/t20-/m1/s1. The maximum Gasteiger partial charge on any atom is 0.229 e. The first-order valence-corrected chi connectivity index (χ1v) is 14.7. The summed E-state index contributed by atoms with van der Waals surface area (Å²) in [6.07, 6.45) is 9.94. The van der Waals surface area contributed by atoms with Crippen LogP contribution in [0, 0.1) is 17.0 Å². The van der Waals surface area contributed by atoms with E-state index < -0.39 is 11.6 Å². The number of aryl methyl sites for hydroxylation is 1. The van der Waals surface area contributed by atoms with Crippen LogP contribution in [0.1, 0.15) is 56.5 Å². The molecule has 0 amide bonds. The van der Waals surface area contributed by atoms with Gasteiger partial charge in [0.25, 0.3) is 0 Å². The Bertz CT molecular complexity index is 1570. The van der Waals surface area contributed by atoms with E-state index in [0.717, 1.165) is 50.1 Å². The molecular weight excluding hydrogens is 522 g/mol. The fourth-order valence-corrected chi connectivity index (χ4v) is 6.85. The van der Waals surface area contributed by atoms with E-state index in [1.54, 1.807) is 6.07 Å². The minimum Gasteiger partial charge on any atom is -0.325 e. The van der Waals surface area contributed by atoms with Crippen molar-refractivity contribution in [1.29, 1.82) is 0 Å². The monoisotopic (exact) mass is 558 g/mol. The number of halogens is 2. The highest BCUT2D eigenvalue weighted by Gasteiger charge is 2.36. The second-order valence-electron chi connectivity index (χ2n) is 12.3. The third-order valence-corrected chi connectivity index (χ3v) is 9.50. The largest absolute Gasteiger partial charge is 0.325 e. The first kappa shape index (κ1) is 26.4. The van der Waals surface area contributed by atoms with E-state index in [4.69, 9.17) is 0 Å². The number of piperidine rings is 2. The van der Waals surface area contributed by atoms with Gasteiger partial charge in [-0.2, -0.15) is 0 Å². The molecule has 1 spiro atoms. The molecule has 10 heteroatoms. The van der Waals surface area contributed by atoms with Crippen molar-refractivity contribution >= 4 is 22.8 Å². The van der Waals surface area contributed by atoms with E-state index >= 15 is 4.39 Å². The van der Waals surface area contributed by atoms with Crippen molar-refractivity contribution in [3.05, 3.63) is 59.7 Å². The number of pyridine rings is 1. The number of benzene rings is 1. The van der Waals surface area contributed by atoms with Gasteiger partial charge in [-0.05, 0) is 101 Å². The van der Waals surface area contributed by atoms with Gasteiger partial charge in [-0.3, -0.25) is 4.90 Å². The molecule has 214 valence electrons. The van der Waals surface area contributed by atoms with Crippen LogP contribution in [0.15, 0.2) is 36.7 Å². The number of hydrogen-bond donors (Lipinski definition) is 1. The van der Waals surface area contributed by atoms with Gasteiger partial charge < -0.3 is 14.8 Å². The van der Waals surface area contributed by atoms with Crippen molar-refractivity contribution in [3.8, 4) is 11.3 Å². The number of imidazole rings is 1. The third-order valence-electron chi connectivity index (χ3n) is 9.50. The van der Waals surface area contributed by atoms with E-state index in [1.807, 2.05) is 16.8 Å². The van der Waals surface area contributed by atoms with Crippen LogP contribution in [0.4, 0.5) is 20.5 Å². The number of anilines is 2. The first-order chi connectivity index (χ1) is 19.9. The zero-order chi connectivity index (χ0) is 28.1. The second-order valence-corrected chi connectivity index (χ2v) is 12.3. The molecule has 0 unspecified atom stereocenters. The predicted molar refractivity (Wildman–Crippen MR) is 155 cm³/mol. The van der Waals surface area contributed by atoms with Gasteiger partial charge in [-0.15, -0.1) is 0 Å². The molecule has 6 heterocycles.